The SMILES string of the molecule is CN(Cc1ccccc1N1CCCC1)C(=O)/C=C/c1ccc2c(c1)OCO2. The van der Waals surface area contributed by atoms with Gasteiger partial charge in [-0.25, -0.2) is 0 Å². The second-order valence-electron chi connectivity index (χ2n) is 6.96. The Kier molecular flexibility index (Phi) is 5.01. The molecule has 2 aliphatic rings. The fourth-order valence-corrected chi connectivity index (χ4v) is 3.56. The average Bonchev–Trinajstić information content (AvgIpc) is 3.37. The van der Waals surface area contributed by atoms with Crippen molar-refractivity contribution in [3.8, 4) is 11.5 Å². The van der Waals surface area contributed by atoms with E-state index in [9.17, 15) is 4.79 Å². The van der Waals surface area contributed by atoms with Crippen molar-refractivity contribution >= 4 is 17.7 Å². The number of anilines is 1. The molecule has 140 valence electrons. The van der Waals surface area contributed by atoms with Gasteiger partial charge in [0.1, 0.15) is 0 Å². The number of ether oxygens (including phenoxy) is 2. The first-order valence-corrected chi connectivity index (χ1v) is 9.36. The molecule has 2 aliphatic heterocycles. The number of likely N-dealkylation sites (N-methyl/N-ethyl adjacent to an activating group) is 1. The van der Waals surface area contributed by atoms with Crippen LogP contribution in [0.1, 0.15) is 24.0 Å². The number of fused-ring (bicyclic) bond motifs is 1. The van der Waals surface area contributed by atoms with Gasteiger partial charge in [-0.15, -0.1) is 0 Å². The molecule has 0 unspecified atom stereocenters. The number of carbonyl (C=O) groups excluding carboxylic acids is 1. The molecule has 2 heterocycles. The van der Waals surface area contributed by atoms with Crippen LogP contribution in [0.25, 0.3) is 6.08 Å². The van der Waals surface area contributed by atoms with Crippen LogP contribution in [0.2, 0.25) is 0 Å². The summed E-state index contributed by atoms with van der Waals surface area (Å²) in [4.78, 5) is 16.7. The van der Waals surface area contributed by atoms with Gasteiger partial charge in [0.15, 0.2) is 11.5 Å². The summed E-state index contributed by atoms with van der Waals surface area (Å²) in [5, 5.41) is 0. The first-order valence-electron chi connectivity index (χ1n) is 9.36. The van der Waals surface area contributed by atoms with Crippen LogP contribution in [0.15, 0.2) is 48.5 Å². The highest BCUT2D eigenvalue weighted by Crippen LogP contribution is 2.32. The van der Waals surface area contributed by atoms with Crippen molar-refractivity contribution in [2.75, 3.05) is 31.8 Å². The maximum absolute atomic E-state index is 12.6. The molecule has 0 radical (unpaired) electrons. The van der Waals surface area contributed by atoms with E-state index >= 15 is 0 Å². The lowest BCUT2D eigenvalue weighted by Crippen LogP contribution is -2.26. The van der Waals surface area contributed by atoms with E-state index in [2.05, 4.69) is 23.1 Å². The zero-order chi connectivity index (χ0) is 18.6. The molecular weight excluding hydrogens is 340 g/mol. The Morgan fingerprint density at radius 1 is 1.11 bits per heavy atom. The van der Waals surface area contributed by atoms with E-state index in [1.807, 2.05) is 37.4 Å². The van der Waals surface area contributed by atoms with Crippen LogP contribution in [0.3, 0.4) is 0 Å². The highest BCUT2D eigenvalue weighted by molar-refractivity contribution is 5.91. The second kappa shape index (κ2) is 7.74. The number of hydrogen-bond acceptors (Lipinski definition) is 4. The quantitative estimate of drug-likeness (QED) is 0.759. The van der Waals surface area contributed by atoms with Gasteiger partial charge >= 0.3 is 0 Å². The van der Waals surface area contributed by atoms with Crippen molar-refractivity contribution in [2.45, 2.75) is 19.4 Å². The maximum Gasteiger partial charge on any atom is 0.246 e. The number of para-hydroxylation sites is 1. The molecule has 5 nitrogen and oxygen atoms in total. The van der Waals surface area contributed by atoms with Crippen molar-refractivity contribution in [3.05, 3.63) is 59.7 Å². The summed E-state index contributed by atoms with van der Waals surface area (Å²) < 4.78 is 10.7. The van der Waals surface area contributed by atoms with Crippen LogP contribution in [-0.4, -0.2) is 37.7 Å². The van der Waals surface area contributed by atoms with Crippen molar-refractivity contribution in [1.29, 1.82) is 0 Å². The summed E-state index contributed by atoms with van der Waals surface area (Å²) in [6, 6.07) is 14.0. The minimum absolute atomic E-state index is 0.0242. The monoisotopic (exact) mass is 364 g/mol. The van der Waals surface area contributed by atoms with Crippen LogP contribution in [0, 0.1) is 0 Å². The summed E-state index contributed by atoms with van der Waals surface area (Å²) in [5.74, 6) is 1.44. The molecule has 1 saturated heterocycles. The lowest BCUT2D eigenvalue weighted by atomic mass is 10.1. The topological polar surface area (TPSA) is 42.0 Å². The predicted octanol–water partition coefficient (Wildman–Crippen LogP) is 3.69. The lowest BCUT2D eigenvalue weighted by Gasteiger charge is -2.24. The Balaban J connectivity index is 1.42. The van der Waals surface area contributed by atoms with Gasteiger partial charge in [-0.1, -0.05) is 24.3 Å². The summed E-state index contributed by atoms with van der Waals surface area (Å²) in [6.45, 7) is 3.04. The molecular formula is C22H24N2O3. The van der Waals surface area contributed by atoms with Gasteiger partial charge in [-0.05, 0) is 48.2 Å². The molecule has 0 aliphatic carbocycles. The molecule has 0 bridgehead atoms. The fraction of sp³-hybridized carbons (Fsp3) is 0.318. The summed E-state index contributed by atoms with van der Waals surface area (Å²) >= 11 is 0. The zero-order valence-electron chi connectivity index (χ0n) is 15.6. The molecule has 0 N–H and O–H groups in total. The number of benzene rings is 2. The highest BCUT2D eigenvalue weighted by atomic mass is 16.7. The molecule has 2 aromatic carbocycles. The van der Waals surface area contributed by atoms with Gasteiger partial charge in [0.25, 0.3) is 0 Å². The number of amides is 1. The van der Waals surface area contributed by atoms with E-state index in [-0.39, 0.29) is 12.7 Å². The van der Waals surface area contributed by atoms with Crippen molar-refractivity contribution < 1.29 is 14.3 Å². The normalized spacial score (nSPS) is 15.5. The van der Waals surface area contributed by atoms with Crippen molar-refractivity contribution in [3.63, 3.8) is 0 Å². The van der Waals surface area contributed by atoms with Gasteiger partial charge in [0.05, 0.1) is 0 Å². The molecule has 4 rings (SSSR count). The lowest BCUT2D eigenvalue weighted by molar-refractivity contribution is -0.125. The first-order chi connectivity index (χ1) is 13.2. The van der Waals surface area contributed by atoms with E-state index in [0.717, 1.165) is 30.2 Å². The minimum atomic E-state index is -0.0242. The van der Waals surface area contributed by atoms with Gasteiger partial charge in [0, 0.05) is 38.4 Å². The van der Waals surface area contributed by atoms with Crippen LogP contribution in [0.5, 0.6) is 11.5 Å². The third kappa shape index (κ3) is 3.92. The van der Waals surface area contributed by atoms with Gasteiger partial charge in [-0.2, -0.15) is 0 Å². The third-order valence-electron chi connectivity index (χ3n) is 5.04. The largest absolute Gasteiger partial charge is 0.454 e. The summed E-state index contributed by atoms with van der Waals surface area (Å²) in [6.07, 6.45) is 5.89. The Morgan fingerprint density at radius 3 is 2.74 bits per heavy atom. The van der Waals surface area contributed by atoms with Crippen LogP contribution >= 0.6 is 0 Å². The molecule has 27 heavy (non-hydrogen) atoms. The van der Waals surface area contributed by atoms with Crippen molar-refractivity contribution in [2.24, 2.45) is 0 Å². The molecule has 0 saturated carbocycles. The summed E-state index contributed by atoms with van der Waals surface area (Å²) in [5.41, 5.74) is 3.35. The van der Waals surface area contributed by atoms with Crippen LogP contribution < -0.4 is 14.4 Å². The number of hydrogen-bond donors (Lipinski definition) is 0. The Labute approximate surface area is 159 Å². The molecule has 0 atom stereocenters. The second-order valence-corrected chi connectivity index (χ2v) is 6.96. The van der Waals surface area contributed by atoms with Crippen molar-refractivity contribution in [1.82, 2.24) is 4.90 Å². The predicted molar refractivity (Wildman–Crippen MR) is 106 cm³/mol. The Bertz CT molecular complexity index is 856. The molecule has 2 aromatic rings. The van der Waals surface area contributed by atoms with Crippen LogP contribution in [0.4, 0.5) is 5.69 Å². The third-order valence-corrected chi connectivity index (χ3v) is 5.04. The van der Waals surface area contributed by atoms with E-state index in [1.165, 1.54) is 24.1 Å². The van der Waals surface area contributed by atoms with Gasteiger partial charge in [-0.3, -0.25) is 4.79 Å². The molecule has 0 aromatic heterocycles. The van der Waals surface area contributed by atoms with E-state index < -0.39 is 0 Å². The Hall–Kier alpha value is -2.95. The zero-order valence-corrected chi connectivity index (χ0v) is 15.6. The number of rotatable bonds is 5. The highest BCUT2D eigenvalue weighted by Gasteiger charge is 2.17. The molecule has 5 heteroatoms. The standard InChI is InChI=1S/C22H24N2O3/c1-23(15-18-6-2-3-7-19(18)24-12-4-5-13-24)22(25)11-9-17-8-10-20-21(14-17)27-16-26-20/h2-3,6-11,14H,4-5,12-13,15-16H2,1H3/b11-9+. The average molecular weight is 364 g/mol. The van der Waals surface area contributed by atoms with E-state index in [1.54, 1.807) is 11.0 Å². The van der Waals surface area contributed by atoms with Gasteiger partial charge < -0.3 is 19.3 Å². The molecule has 1 fully saturated rings. The smallest absolute Gasteiger partial charge is 0.246 e. The minimum Gasteiger partial charge on any atom is -0.454 e. The van der Waals surface area contributed by atoms with Crippen LogP contribution in [-0.2, 0) is 11.3 Å². The van der Waals surface area contributed by atoms with E-state index in [4.69, 9.17) is 9.47 Å². The maximum atomic E-state index is 12.6. The Morgan fingerprint density at radius 2 is 1.89 bits per heavy atom. The fourth-order valence-electron chi connectivity index (χ4n) is 3.56. The molecule has 0 spiro atoms. The first kappa shape index (κ1) is 17.5. The van der Waals surface area contributed by atoms with Gasteiger partial charge in [0.2, 0.25) is 12.7 Å². The number of nitrogens with zero attached hydrogens (tertiary/aromatic N) is 2. The summed E-state index contributed by atoms with van der Waals surface area (Å²) in [7, 11) is 1.84. The van der Waals surface area contributed by atoms with E-state index in [0.29, 0.717) is 6.54 Å². The number of carbonyl (C=O) groups is 1. The molecule has 1 amide bonds.